The number of carboxylic acids is 1. The normalized spacial score (nSPS) is 10.2. The maximum atomic E-state index is 11.6. The lowest BCUT2D eigenvalue weighted by Gasteiger charge is -2.00. The molecule has 2 aromatic heterocycles. The fraction of sp³-hybridized carbons (Fsp3) is 0.167. The van der Waals surface area contributed by atoms with E-state index in [9.17, 15) is 9.59 Å². The molecule has 0 radical (unpaired) electrons. The number of aromatic carboxylic acids is 1. The molecule has 0 aliphatic heterocycles. The van der Waals surface area contributed by atoms with E-state index in [1.807, 2.05) is 0 Å². The molecule has 0 aliphatic rings. The number of furan rings is 1. The van der Waals surface area contributed by atoms with Gasteiger partial charge >= 0.3 is 5.97 Å². The summed E-state index contributed by atoms with van der Waals surface area (Å²) in [6.45, 7) is 0. The molecule has 2 rings (SSSR count). The fourth-order valence-corrected chi connectivity index (χ4v) is 2.17. The second-order valence-electron chi connectivity index (χ2n) is 3.60. The Morgan fingerprint density at radius 2 is 2.17 bits per heavy atom. The monoisotopic (exact) mass is 265 g/mol. The first-order valence-electron chi connectivity index (χ1n) is 5.30. The number of anilines is 1. The van der Waals surface area contributed by atoms with Crippen molar-refractivity contribution < 1.29 is 19.1 Å². The first-order valence-corrected chi connectivity index (χ1v) is 6.12. The number of aryl methyl sites for hydroxylation is 1. The predicted octanol–water partition coefficient (Wildman–Crippen LogP) is 2.61. The van der Waals surface area contributed by atoms with E-state index in [0.29, 0.717) is 17.8 Å². The fourth-order valence-electron chi connectivity index (χ4n) is 1.41. The Kier molecular flexibility index (Phi) is 3.78. The van der Waals surface area contributed by atoms with E-state index in [4.69, 9.17) is 9.52 Å². The number of hydrogen-bond acceptors (Lipinski definition) is 4. The summed E-state index contributed by atoms with van der Waals surface area (Å²) in [5, 5.41) is 11.9. The maximum absolute atomic E-state index is 11.6. The van der Waals surface area contributed by atoms with Crippen molar-refractivity contribution in [1.82, 2.24) is 0 Å². The van der Waals surface area contributed by atoms with Gasteiger partial charge in [0.25, 0.3) is 0 Å². The number of carboxylic acid groups (broad SMARTS) is 1. The van der Waals surface area contributed by atoms with Gasteiger partial charge in [0.2, 0.25) is 5.91 Å². The zero-order valence-electron chi connectivity index (χ0n) is 9.38. The van der Waals surface area contributed by atoms with Crippen LogP contribution in [-0.4, -0.2) is 17.0 Å². The summed E-state index contributed by atoms with van der Waals surface area (Å²) in [5.41, 5.74) is 0. The van der Waals surface area contributed by atoms with E-state index >= 15 is 0 Å². The standard InChI is InChI=1S/C12H11NO4S/c14-10(5-3-8-2-1-7-17-8)13-11-6-4-9(18-11)12(15)16/h1-2,4,6-7H,3,5H2,(H,13,14)(H,15,16). The van der Waals surface area contributed by atoms with Crippen molar-refractivity contribution >= 4 is 28.2 Å². The van der Waals surface area contributed by atoms with Gasteiger partial charge < -0.3 is 14.8 Å². The molecule has 0 unspecified atom stereocenters. The van der Waals surface area contributed by atoms with Crippen molar-refractivity contribution in [3.8, 4) is 0 Å². The molecule has 0 bridgehead atoms. The van der Waals surface area contributed by atoms with Crippen LogP contribution in [0.3, 0.4) is 0 Å². The number of hydrogen-bond donors (Lipinski definition) is 2. The highest BCUT2D eigenvalue weighted by atomic mass is 32.1. The Hall–Kier alpha value is -2.08. The van der Waals surface area contributed by atoms with E-state index in [0.717, 1.165) is 17.1 Å². The molecule has 2 N–H and O–H groups in total. The van der Waals surface area contributed by atoms with Crippen molar-refractivity contribution in [3.05, 3.63) is 41.2 Å². The number of rotatable bonds is 5. The summed E-state index contributed by atoms with van der Waals surface area (Å²) >= 11 is 1.04. The van der Waals surface area contributed by atoms with Crippen LogP contribution in [0.25, 0.3) is 0 Å². The van der Waals surface area contributed by atoms with Crippen molar-refractivity contribution in [2.24, 2.45) is 0 Å². The van der Waals surface area contributed by atoms with E-state index in [1.54, 1.807) is 24.5 Å². The molecule has 0 spiro atoms. The number of carbonyl (C=O) groups excluding carboxylic acids is 1. The minimum Gasteiger partial charge on any atom is -0.477 e. The highest BCUT2D eigenvalue weighted by Crippen LogP contribution is 2.22. The highest BCUT2D eigenvalue weighted by molar-refractivity contribution is 7.18. The summed E-state index contributed by atoms with van der Waals surface area (Å²) in [5.74, 6) is -0.399. The molecule has 0 saturated carbocycles. The largest absolute Gasteiger partial charge is 0.477 e. The van der Waals surface area contributed by atoms with E-state index in [1.165, 1.54) is 6.07 Å². The average Bonchev–Trinajstić information content (AvgIpc) is 2.96. The van der Waals surface area contributed by atoms with Crippen LogP contribution in [0.15, 0.2) is 34.9 Å². The first kappa shape index (κ1) is 12.4. The zero-order chi connectivity index (χ0) is 13.0. The molecule has 1 amide bonds. The molecule has 2 aromatic rings. The molecule has 0 fully saturated rings. The van der Waals surface area contributed by atoms with Crippen LogP contribution >= 0.6 is 11.3 Å². The minimum absolute atomic E-state index is 0.162. The van der Waals surface area contributed by atoms with Crippen molar-refractivity contribution in [3.63, 3.8) is 0 Å². The SMILES string of the molecule is O=C(CCc1ccco1)Nc1ccc(C(=O)O)s1. The van der Waals surface area contributed by atoms with Crippen LogP contribution in [0.5, 0.6) is 0 Å². The second-order valence-corrected chi connectivity index (χ2v) is 4.68. The van der Waals surface area contributed by atoms with E-state index in [-0.39, 0.29) is 10.8 Å². The second kappa shape index (κ2) is 5.50. The van der Waals surface area contributed by atoms with Gasteiger partial charge in [0.1, 0.15) is 10.6 Å². The van der Waals surface area contributed by atoms with Crippen molar-refractivity contribution in [2.45, 2.75) is 12.8 Å². The van der Waals surface area contributed by atoms with Gasteiger partial charge in [-0.05, 0) is 24.3 Å². The first-order chi connectivity index (χ1) is 8.65. The lowest BCUT2D eigenvalue weighted by molar-refractivity contribution is -0.116. The Morgan fingerprint density at radius 3 is 2.78 bits per heavy atom. The smallest absolute Gasteiger partial charge is 0.345 e. The third-order valence-electron chi connectivity index (χ3n) is 2.26. The molecular formula is C12H11NO4S. The van der Waals surface area contributed by atoms with Crippen LogP contribution in [0.1, 0.15) is 21.9 Å². The summed E-state index contributed by atoms with van der Waals surface area (Å²) < 4.78 is 5.11. The van der Waals surface area contributed by atoms with Gasteiger partial charge in [-0.1, -0.05) is 0 Å². The van der Waals surface area contributed by atoms with Gasteiger partial charge in [-0.25, -0.2) is 4.79 Å². The number of thiophene rings is 1. The number of carbonyl (C=O) groups is 2. The van der Waals surface area contributed by atoms with E-state index < -0.39 is 5.97 Å². The van der Waals surface area contributed by atoms with Crippen LogP contribution in [0.2, 0.25) is 0 Å². The average molecular weight is 265 g/mol. The number of nitrogens with one attached hydrogen (secondary N) is 1. The molecule has 5 nitrogen and oxygen atoms in total. The van der Waals surface area contributed by atoms with Gasteiger partial charge in [0, 0.05) is 12.8 Å². The molecule has 0 saturated heterocycles. The Balaban J connectivity index is 1.85. The molecule has 18 heavy (non-hydrogen) atoms. The Labute approximate surface area is 107 Å². The maximum Gasteiger partial charge on any atom is 0.345 e. The van der Waals surface area contributed by atoms with Gasteiger partial charge in [-0.3, -0.25) is 4.79 Å². The highest BCUT2D eigenvalue weighted by Gasteiger charge is 2.09. The Morgan fingerprint density at radius 1 is 1.33 bits per heavy atom. The lowest BCUT2D eigenvalue weighted by atomic mass is 10.2. The quantitative estimate of drug-likeness (QED) is 0.870. The molecule has 0 atom stereocenters. The predicted molar refractivity (Wildman–Crippen MR) is 66.9 cm³/mol. The van der Waals surface area contributed by atoms with E-state index in [2.05, 4.69) is 5.32 Å². The van der Waals surface area contributed by atoms with Gasteiger partial charge in [-0.2, -0.15) is 0 Å². The van der Waals surface area contributed by atoms with Crippen LogP contribution in [-0.2, 0) is 11.2 Å². The van der Waals surface area contributed by atoms with Gasteiger partial charge in [0.05, 0.1) is 11.3 Å². The van der Waals surface area contributed by atoms with Crippen molar-refractivity contribution in [1.29, 1.82) is 0 Å². The zero-order valence-corrected chi connectivity index (χ0v) is 10.2. The van der Waals surface area contributed by atoms with Crippen molar-refractivity contribution in [2.75, 3.05) is 5.32 Å². The van der Waals surface area contributed by atoms with Gasteiger partial charge in [-0.15, -0.1) is 11.3 Å². The van der Waals surface area contributed by atoms with Gasteiger partial charge in [0.15, 0.2) is 0 Å². The Bertz CT molecular complexity index is 544. The summed E-state index contributed by atoms with van der Waals surface area (Å²) in [6, 6.07) is 6.63. The number of amides is 1. The molecular weight excluding hydrogens is 254 g/mol. The van der Waals surface area contributed by atoms with Crippen LogP contribution in [0, 0.1) is 0 Å². The minimum atomic E-state index is -0.990. The topological polar surface area (TPSA) is 79.5 Å². The summed E-state index contributed by atoms with van der Waals surface area (Å²) in [4.78, 5) is 22.5. The van der Waals surface area contributed by atoms with Crippen LogP contribution in [0.4, 0.5) is 5.00 Å². The third kappa shape index (κ3) is 3.21. The lowest BCUT2D eigenvalue weighted by Crippen LogP contribution is -2.11. The molecule has 0 aromatic carbocycles. The van der Waals surface area contributed by atoms with Crippen LogP contribution < -0.4 is 5.32 Å². The molecule has 0 aliphatic carbocycles. The molecule has 6 heteroatoms. The third-order valence-corrected chi connectivity index (χ3v) is 3.25. The summed E-state index contributed by atoms with van der Waals surface area (Å²) in [6.07, 6.45) is 2.38. The summed E-state index contributed by atoms with van der Waals surface area (Å²) in [7, 11) is 0. The molecule has 94 valence electrons. The molecule has 2 heterocycles.